The van der Waals surface area contributed by atoms with Crippen LogP contribution in [0, 0.1) is 0 Å². The topological polar surface area (TPSA) is 71.4 Å². The van der Waals surface area contributed by atoms with Crippen molar-refractivity contribution in [3.63, 3.8) is 0 Å². The lowest BCUT2D eigenvalue weighted by atomic mass is 10.3. The van der Waals surface area contributed by atoms with Crippen LogP contribution in [0.1, 0.15) is 12.8 Å². The van der Waals surface area contributed by atoms with Crippen molar-refractivity contribution in [1.29, 1.82) is 0 Å². The first kappa shape index (κ1) is 10.2. The van der Waals surface area contributed by atoms with Gasteiger partial charge in [0.1, 0.15) is 0 Å². The number of allylic oxidation sites excluding steroid dienone is 1. The third kappa shape index (κ3) is 4.55. The Balaban J connectivity index is 4.02. The third-order valence-electron chi connectivity index (χ3n) is 1.14. The van der Waals surface area contributed by atoms with E-state index in [9.17, 15) is 13.2 Å². The van der Waals surface area contributed by atoms with Crippen LogP contribution in [0.2, 0.25) is 0 Å². The Morgan fingerprint density at radius 2 is 1.91 bits per heavy atom. The summed E-state index contributed by atoms with van der Waals surface area (Å²) in [5, 5.41) is 8.19. The molecule has 0 rings (SSSR count). The molecule has 11 heavy (non-hydrogen) atoms. The number of hydrogen-bond donors (Lipinski definition) is 1. The van der Waals surface area contributed by atoms with Gasteiger partial charge in [-0.2, -0.15) is 0 Å². The van der Waals surface area contributed by atoms with Crippen LogP contribution in [0.25, 0.3) is 0 Å². The van der Waals surface area contributed by atoms with Gasteiger partial charge in [0.2, 0.25) is 0 Å². The summed E-state index contributed by atoms with van der Waals surface area (Å²) >= 11 is 0. The van der Waals surface area contributed by atoms with Crippen molar-refractivity contribution in [2.24, 2.45) is 0 Å². The van der Waals surface area contributed by atoms with Gasteiger partial charge in [0.15, 0.2) is 9.84 Å². The molecule has 0 saturated carbocycles. The standard InChI is InChI=1S/C6H10O4S/c1-5(11(2,9)10)3-4-6(7)8/h1,3-4H2,2H3,(H,7,8). The zero-order valence-electron chi connectivity index (χ0n) is 6.20. The summed E-state index contributed by atoms with van der Waals surface area (Å²) in [5.74, 6) is -1.02. The van der Waals surface area contributed by atoms with Gasteiger partial charge in [-0.3, -0.25) is 4.79 Å². The number of carboxylic acids is 1. The fraction of sp³-hybridized carbons (Fsp3) is 0.500. The van der Waals surface area contributed by atoms with Crippen LogP contribution < -0.4 is 0 Å². The SMILES string of the molecule is C=C(CCC(=O)O)S(C)(=O)=O. The molecule has 0 aliphatic rings. The second kappa shape index (κ2) is 3.52. The van der Waals surface area contributed by atoms with Crippen LogP contribution in [-0.2, 0) is 14.6 Å². The van der Waals surface area contributed by atoms with Crippen molar-refractivity contribution in [2.75, 3.05) is 6.26 Å². The van der Waals surface area contributed by atoms with Crippen LogP contribution >= 0.6 is 0 Å². The monoisotopic (exact) mass is 178 g/mol. The summed E-state index contributed by atoms with van der Waals surface area (Å²) < 4.78 is 21.3. The molecule has 0 saturated heterocycles. The van der Waals surface area contributed by atoms with Crippen molar-refractivity contribution < 1.29 is 18.3 Å². The average molecular weight is 178 g/mol. The molecule has 0 aromatic carbocycles. The first-order valence-electron chi connectivity index (χ1n) is 2.93. The zero-order chi connectivity index (χ0) is 9.07. The Bertz CT molecular complexity index is 262. The van der Waals surface area contributed by atoms with Crippen LogP contribution in [0.15, 0.2) is 11.5 Å². The zero-order valence-corrected chi connectivity index (χ0v) is 7.02. The maximum Gasteiger partial charge on any atom is 0.303 e. The van der Waals surface area contributed by atoms with E-state index in [4.69, 9.17) is 5.11 Å². The summed E-state index contributed by atoms with van der Waals surface area (Å²) in [7, 11) is -3.26. The average Bonchev–Trinajstić information content (AvgIpc) is 1.80. The normalized spacial score (nSPS) is 11.0. The molecule has 4 nitrogen and oxygen atoms in total. The smallest absolute Gasteiger partial charge is 0.303 e. The minimum atomic E-state index is -3.26. The van der Waals surface area contributed by atoms with Gasteiger partial charge >= 0.3 is 5.97 Å². The van der Waals surface area contributed by atoms with Crippen LogP contribution in [0.5, 0.6) is 0 Å². The summed E-state index contributed by atoms with van der Waals surface area (Å²) in [5.41, 5.74) is 0. The minimum absolute atomic E-state index is 0.00579. The molecule has 0 aromatic rings. The van der Waals surface area contributed by atoms with Gasteiger partial charge in [-0.25, -0.2) is 8.42 Å². The van der Waals surface area contributed by atoms with Gasteiger partial charge in [0.25, 0.3) is 0 Å². The molecule has 0 amide bonds. The van der Waals surface area contributed by atoms with Crippen molar-refractivity contribution in [2.45, 2.75) is 12.8 Å². The predicted octanol–water partition coefficient (Wildman–Crippen LogP) is 0.410. The van der Waals surface area contributed by atoms with E-state index in [-0.39, 0.29) is 17.7 Å². The minimum Gasteiger partial charge on any atom is -0.481 e. The molecule has 5 heteroatoms. The predicted molar refractivity (Wildman–Crippen MR) is 40.9 cm³/mol. The first-order chi connectivity index (χ1) is 4.84. The van der Waals surface area contributed by atoms with Gasteiger partial charge < -0.3 is 5.11 Å². The number of hydrogen-bond acceptors (Lipinski definition) is 3. The summed E-state index contributed by atoms with van der Waals surface area (Å²) in [6.45, 7) is 3.25. The second-order valence-corrected chi connectivity index (χ2v) is 4.33. The summed E-state index contributed by atoms with van der Waals surface area (Å²) in [6.07, 6.45) is 0.817. The molecule has 1 N–H and O–H groups in total. The van der Waals surface area contributed by atoms with E-state index in [2.05, 4.69) is 6.58 Å². The van der Waals surface area contributed by atoms with E-state index in [1.807, 2.05) is 0 Å². The van der Waals surface area contributed by atoms with E-state index in [1.54, 1.807) is 0 Å². The highest BCUT2D eigenvalue weighted by Gasteiger charge is 2.09. The lowest BCUT2D eigenvalue weighted by molar-refractivity contribution is -0.136. The molecule has 0 radical (unpaired) electrons. The Kier molecular flexibility index (Phi) is 3.25. The van der Waals surface area contributed by atoms with Crippen LogP contribution in [0.3, 0.4) is 0 Å². The van der Waals surface area contributed by atoms with Crippen molar-refractivity contribution in [3.05, 3.63) is 11.5 Å². The highest BCUT2D eigenvalue weighted by atomic mass is 32.2. The van der Waals surface area contributed by atoms with E-state index >= 15 is 0 Å². The fourth-order valence-corrected chi connectivity index (χ4v) is 0.905. The molecule has 0 aliphatic heterocycles. The number of rotatable bonds is 4. The van der Waals surface area contributed by atoms with Crippen molar-refractivity contribution in [3.8, 4) is 0 Å². The van der Waals surface area contributed by atoms with Gasteiger partial charge in [-0.15, -0.1) is 0 Å². The Labute approximate surface area is 65.5 Å². The van der Waals surface area contributed by atoms with E-state index in [0.29, 0.717) is 0 Å². The molecular weight excluding hydrogens is 168 g/mol. The Morgan fingerprint density at radius 1 is 1.45 bits per heavy atom. The molecule has 0 atom stereocenters. The molecule has 0 aromatic heterocycles. The van der Waals surface area contributed by atoms with Gasteiger partial charge in [0.05, 0.1) is 6.42 Å². The van der Waals surface area contributed by atoms with Crippen molar-refractivity contribution >= 4 is 15.8 Å². The fourth-order valence-electron chi connectivity index (χ4n) is 0.432. The van der Waals surface area contributed by atoms with Gasteiger partial charge in [-0.05, 0) is 6.42 Å². The number of carboxylic acid groups (broad SMARTS) is 1. The molecule has 0 unspecified atom stereocenters. The Hall–Kier alpha value is -0.840. The Morgan fingerprint density at radius 3 is 2.18 bits per heavy atom. The second-order valence-electron chi connectivity index (χ2n) is 2.20. The highest BCUT2D eigenvalue weighted by Crippen LogP contribution is 2.08. The van der Waals surface area contributed by atoms with Gasteiger partial charge in [-0.1, -0.05) is 6.58 Å². The number of carbonyl (C=O) groups is 1. The largest absolute Gasteiger partial charge is 0.481 e. The summed E-state index contributed by atoms with van der Waals surface area (Å²) in [4.78, 5) is 9.97. The third-order valence-corrected chi connectivity index (χ3v) is 2.39. The number of sulfone groups is 1. The van der Waals surface area contributed by atoms with Gasteiger partial charge in [0, 0.05) is 11.2 Å². The molecule has 0 aliphatic carbocycles. The summed E-state index contributed by atoms with van der Waals surface area (Å²) in [6, 6.07) is 0. The molecule has 0 spiro atoms. The molecule has 0 bridgehead atoms. The highest BCUT2D eigenvalue weighted by molar-refractivity contribution is 7.94. The molecule has 64 valence electrons. The quantitative estimate of drug-likeness (QED) is 0.676. The van der Waals surface area contributed by atoms with Crippen molar-refractivity contribution in [1.82, 2.24) is 0 Å². The maximum atomic E-state index is 10.7. The lowest BCUT2D eigenvalue weighted by Gasteiger charge is -1.98. The first-order valence-corrected chi connectivity index (χ1v) is 4.83. The lowest BCUT2D eigenvalue weighted by Crippen LogP contribution is -2.02. The van der Waals surface area contributed by atoms with Crippen LogP contribution in [-0.4, -0.2) is 25.7 Å². The van der Waals surface area contributed by atoms with E-state index in [1.165, 1.54) is 0 Å². The number of aliphatic carboxylic acids is 1. The molecule has 0 heterocycles. The van der Waals surface area contributed by atoms with Crippen LogP contribution in [0.4, 0.5) is 0 Å². The van der Waals surface area contributed by atoms with E-state index in [0.717, 1.165) is 6.26 Å². The molecule has 0 fully saturated rings. The van der Waals surface area contributed by atoms with E-state index < -0.39 is 15.8 Å². The maximum absolute atomic E-state index is 10.7. The molecular formula is C6H10O4S.